The van der Waals surface area contributed by atoms with Gasteiger partial charge in [-0.05, 0) is 36.1 Å². The van der Waals surface area contributed by atoms with Crippen molar-refractivity contribution in [3.63, 3.8) is 0 Å². The normalized spacial score (nSPS) is 16.6. The number of carbonyl (C=O) groups is 1. The van der Waals surface area contributed by atoms with Crippen molar-refractivity contribution in [3.05, 3.63) is 65.4 Å². The van der Waals surface area contributed by atoms with Gasteiger partial charge in [0.15, 0.2) is 0 Å². The summed E-state index contributed by atoms with van der Waals surface area (Å²) < 4.78 is 2.16. The van der Waals surface area contributed by atoms with Gasteiger partial charge in [0, 0.05) is 17.6 Å². The van der Waals surface area contributed by atoms with Gasteiger partial charge in [-0.25, -0.2) is 0 Å². The van der Waals surface area contributed by atoms with E-state index in [1.54, 1.807) is 6.07 Å². The lowest BCUT2D eigenvalue weighted by Crippen LogP contribution is -2.07. The fourth-order valence-electron chi connectivity index (χ4n) is 3.73. The van der Waals surface area contributed by atoms with Crippen molar-refractivity contribution in [3.8, 4) is 5.75 Å². The van der Waals surface area contributed by atoms with Crippen LogP contribution in [-0.2, 0) is 17.8 Å². The molecule has 0 bridgehead atoms. The maximum atomic E-state index is 11.6. The van der Waals surface area contributed by atoms with Gasteiger partial charge in [-0.2, -0.15) is 0 Å². The molecule has 1 aliphatic rings. The van der Waals surface area contributed by atoms with Crippen molar-refractivity contribution < 1.29 is 15.0 Å². The Morgan fingerprint density at radius 2 is 1.91 bits per heavy atom. The van der Waals surface area contributed by atoms with Crippen LogP contribution < -0.4 is 0 Å². The number of hydrogen-bond acceptors (Lipinski definition) is 2. The van der Waals surface area contributed by atoms with Gasteiger partial charge in [-0.1, -0.05) is 36.4 Å². The molecule has 23 heavy (non-hydrogen) atoms. The number of aromatic nitrogens is 1. The average molecular weight is 307 g/mol. The van der Waals surface area contributed by atoms with Crippen molar-refractivity contribution in [1.29, 1.82) is 0 Å². The van der Waals surface area contributed by atoms with Gasteiger partial charge in [0.25, 0.3) is 0 Å². The van der Waals surface area contributed by atoms with E-state index in [0.29, 0.717) is 18.4 Å². The summed E-state index contributed by atoms with van der Waals surface area (Å²) in [4.78, 5) is 11.6. The lowest BCUT2D eigenvalue weighted by molar-refractivity contribution is -0.138. The van der Waals surface area contributed by atoms with Crippen LogP contribution in [0.3, 0.4) is 0 Å². The van der Waals surface area contributed by atoms with Crippen molar-refractivity contribution >= 4 is 16.9 Å². The molecule has 4 nitrogen and oxygen atoms in total. The summed E-state index contributed by atoms with van der Waals surface area (Å²) in [5.74, 6) is -1.18. The number of aliphatic carboxylic acids is 1. The molecule has 2 N–H and O–H groups in total. The second-order valence-corrected chi connectivity index (χ2v) is 6.03. The molecule has 0 saturated heterocycles. The minimum absolute atomic E-state index is 0.165. The molecule has 0 spiro atoms. The van der Waals surface area contributed by atoms with Crippen LogP contribution >= 0.6 is 0 Å². The predicted octanol–water partition coefficient (Wildman–Crippen LogP) is 3.51. The molecule has 1 aliphatic carbocycles. The van der Waals surface area contributed by atoms with Gasteiger partial charge < -0.3 is 14.8 Å². The minimum Gasteiger partial charge on any atom is -0.507 e. The van der Waals surface area contributed by atoms with E-state index in [0.717, 1.165) is 28.8 Å². The Kier molecular flexibility index (Phi) is 3.11. The SMILES string of the molecule is O=C(O)C1CCc2c1c1c(O)cccc1n2Cc1ccccc1. The summed E-state index contributed by atoms with van der Waals surface area (Å²) in [5.41, 5.74) is 3.90. The van der Waals surface area contributed by atoms with Crippen molar-refractivity contribution in [2.24, 2.45) is 0 Å². The van der Waals surface area contributed by atoms with E-state index in [4.69, 9.17) is 0 Å². The van der Waals surface area contributed by atoms with Gasteiger partial charge in [0.05, 0.1) is 11.4 Å². The van der Waals surface area contributed by atoms with E-state index in [2.05, 4.69) is 16.7 Å². The zero-order valence-electron chi connectivity index (χ0n) is 12.6. The number of hydrogen-bond donors (Lipinski definition) is 2. The summed E-state index contributed by atoms with van der Waals surface area (Å²) in [6, 6.07) is 15.5. The molecule has 4 rings (SSSR count). The number of aromatic hydroxyl groups is 1. The third-order valence-corrected chi connectivity index (χ3v) is 4.72. The number of phenolic OH excluding ortho intramolecular Hbond substituents is 1. The first kappa shape index (κ1) is 13.9. The molecule has 1 unspecified atom stereocenters. The first-order chi connectivity index (χ1) is 11.2. The molecular weight excluding hydrogens is 290 g/mol. The number of carboxylic acids is 1. The van der Waals surface area contributed by atoms with Crippen LogP contribution in [0.15, 0.2) is 48.5 Å². The maximum Gasteiger partial charge on any atom is 0.311 e. The fourth-order valence-corrected chi connectivity index (χ4v) is 3.73. The molecule has 0 amide bonds. The lowest BCUT2D eigenvalue weighted by Gasteiger charge is -2.10. The van der Waals surface area contributed by atoms with Gasteiger partial charge >= 0.3 is 5.97 Å². The molecule has 0 aliphatic heterocycles. The molecule has 0 saturated carbocycles. The monoisotopic (exact) mass is 307 g/mol. The van der Waals surface area contributed by atoms with Crippen molar-refractivity contribution in [1.82, 2.24) is 4.57 Å². The highest BCUT2D eigenvalue weighted by molar-refractivity contribution is 5.96. The zero-order valence-corrected chi connectivity index (χ0v) is 12.6. The number of fused-ring (bicyclic) bond motifs is 3. The summed E-state index contributed by atoms with van der Waals surface area (Å²) in [5, 5.41) is 20.5. The van der Waals surface area contributed by atoms with E-state index >= 15 is 0 Å². The summed E-state index contributed by atoms with van der Waals surface area (Å²) in [6.45, 7) is 0.683. The summed E-state index contributed by atoms with van der Waals surface area (Å²) in [6.07, 6.45) is 1.33. The zero-order chi connectivity index (χ0) is 16.0. The molecule has 4 heteroatoms. The number of benzene rings is 2. The Morgan fingerprint density at radius 3 is 2.65 bits per heavy atom. The third kappa shape index (κ3) is 2.10. The maximum absolute atomic E-state index is 11.6. The van der Waals surface area contributed by atoms with Crippen LogP contribution in [0.1, 0.15) is 29.2 Å². The molecule has 1 atom stereocenters. The highest BCUT2D eigenvalue weighted by atomic mass is 16.4. The molecule has 116 valence electrons. The lowest BCUT2D eigenvalue weighted by atomic mass is 10.00. The first-order valence-electron chi connectivity index (χ1n) is 7.76. The molecule has 0 radical (unpaired) electrons. The number of phenols is 1. The number of rotatable bonds is 3. The van der Waals surface area contributed by atoms with Crippen LogP contribution in [0.25, 0.3) is 10.9 Å². The van der Waals surface area contributed by atoms with Crippen LogP contribution in [0.5, 0.6) is 5.75 Å². The van der Waals surface area contributed by atoms with Gasteiger partial charge in [0.1, 0.15) is 5.75 Å². The Balaban J connectivity index is 1.95. The fraction of sp³-hybridized carbons (Fsp3) is 0.211. The molecule has 2 aromatic carbocycles. The molecular formula is C19H17NO3. The van der Waals surface area contributed by atoms with E-state index in [9.17, 15) is 15.0 Å². The van der Waals surface area contributed by atoms with Gasteiger partial charge in [-0.3, -0.25) is 4.79 Å². The Labute approximate surface area is 133 Å². The largest absolute Gasteiger partial charge is 0.507 e. The van der Waals surface area contributed by atoms with Crippen LogP contribution in [-0.4, -0.2) is 20.7 Å². The van der Waals surface area contributed by atoms with Crippen molar-refractivity contribution in [2.75, 3.05) is 0 Å². The Bertz CT molecular complexity index is 896. The predicted molar refractivity (Wildman–Crippen MR) is 87.8 cm³/mol. The Morgan fingerprint density at radius 1 is 1.13 bits per heavy atom. The molecule has 1 aromatic heterocycles. The van der Waals surface area contributed by atoms with E-state index < -0.39 is 11.9 Å². The smallest absolute Gasteiger partial charge is 0.311 e. The quantitative estimate of drug-likeness (QED) is 0.778. The van der Waals surface area contributed by atoms with Gasteiger partial charge in [-0.15, -0.1) is 0 Å². The standard InChI is InChI=1S/C19H17NO3/c21-16-8-4-7-14-18(16)17-13(19(22)23)9-10-15(17)20(14)11-12-5-2-1-3-6-12/h1-8,13,21H,9-11H2,(H,22,23). The van der Waals surface area contributed by atoms with Crippen LogP contribution in [0, 0.1) is 0 Å². The van der Waals surface area contributed by atoms with Crippen LogP contribution in [0.2, 0.25) is 0 Å². The van der Waals surface area contributed by atoms with E-state index in [1.807, 2.05) is 30.3 Å². The highest BCUT2D eigenvalue weighted by Gasteiger charge is 2.35. The number of nitrogens with zero attached hydrogens (tertiary/aromatic N) is 1. The molecule has 3 aromatic rings. The summed E-state index contributed by atoms with van der Waals surface area (Å²) in [7, 11) is 0. The topological polar surface area (TPSA) is 62.5 Å². The molecule has 1 heterocycles. The molecule has 0 fully saturated rings. The third-order valence-electron chi connectivity index (χ3n) is 4.72. The number of carboxylic acid groups (broad SMARTS) is 1. The van der Waals surface area contributed by atoms with E-state index in [-0.39, 0.29) is 5.75 Å². The highest BCUT2D eigenvalue weighted by Crippen LogP contribution is 2.44. The summed E-state index contributed by atoms with van der Waals surface area (Å²) >= 11 is 0. The van der Waals surface area contributed by atoms with E-state index in [1.165, 1.54) is 0 Å². The van der Waals surface area contributed by atoms with Crippen molar-refractivity contribution in [2.45, 2.75) is 25.3 Å². The average Bonchev–Trinajstić information content (AvgIpc) is 3.09. The Hall–Kier alpha value is -2.75. The first-order valence-corrected chi connectivity index (χ1v) is 7.76. The minimum atomic E-state index is -0.814. The second-order valence-electron chi connectivity index (χ2n) is 6.03. The van der Waals surface area contributed by atoms with Crippen LogP contribution in [0.4, 0.5) is 0 Å². The van der Waals surface area contributed by atoms with Gasteiger partial charge in [0.2, 0.25) is 0 Å². The second kappa shape index (κ2) is 5.16.